The summed E-state index contributed by atoms with van der Waals surface area (Å²) in [6.07, 6.45) is -3.60. The van der Waals surface area contributed by atoms with E-state index in [1.807, 2.05) is 0 Å². The van der Waals surface area contributed by atoms with Crippen LogP contribution in [0.25, 0.3) is 0 Å². The van der Waals surface area contributed by atoms with Crippen molar-refractivity contribution in [2.75, 3.05) is 13.1 Å². The average Bonchev–Trinajstić information content (AvgIpc) is 2.38. The fourth-order valence-electron chi connectivity index (χ4n) is 2.09. The van der Waals surface area contributed by atoms with Crippen molar-refractivity contribution in [3.8, 4) is 0 Å². The lowest BCUT2D eigenvalue weighted by Gasteiger charge is -2.32. The van der Waals surface area contributed by atoms with E-state index in [1.165, 1.54) is 12.1 Å². The fourth-order valence-corrected chi connectivity index (χ4v) is 3.61. The Morgan fingerprint density at radius 3 is 2.30 bits per heavy atom. The van der Waals surface area contributed by atoms with Crippen molar-refractivity contribution < 1.29 is 21.6 Å². The van der Waals surface area contributed by atoms with E-state index in [-0.39, 0.29) is 36.0 Å². The molecule has 0 unspecified atom stereocenters. The largest absolute Gasteiger partial charge is 0.391 e. The maximum Gasteiger partial charge on any atom is 0.391 e. The molecular weight excluding hydrogens is 317 g/mol. The molecular formula is C11H12ClF3N2O2S. The number of hydrogen-bond acceptors (Lipinski definition) is 3. The number of sulfonamides is 1. The van der Waals surface area contributed by atoms with Crippen molar-refractivity contribution in [1.29, 1.82) is 0 Å². The summed E-state index contributed by atoms with van der Waals surface area (Å²) in [4.78, 5) is 3.61. The van der Waals surface area contributed by atoms with E-state index in [0.717, 1.165) is 10.5 Å². The van der Waals surface area contributed by atoms with Gasteiger partial charge in [-0.25, -0.2) is 13.4 Å². The van der Waals surface area contributed by atoms with Crippen LogP contribution in [0.1, 0.15) is 12.8 Å². The topological polar surface area (TPSA) is 50.3 Å². The molecule has 9 heteroatoms. The van der Waals surface area contributed by atoms with E-state index in [4.69, 9.17) is 11.6 Å². The number of nitrogens with zero attached hydrogens (tertiary/aromatic N) is 2. The quantitative estimate of drug-likeness (QED) is 0.784. The van der Waals surface area contributed by atoms with Crippen LogP contribution in [0.5, 0.6) is 0 Å². The zero-order valence-electron chi connectivity index (χ0n) is 10.3. The van der Waals surface area contributed by atoms with Crippen molar-refractivity contribution >= 4 is 21.6 Å². The van der Waals surface area contributed by atoms with Crippen LogP contribution in [0.3, 0.4) is 0 Å². The Labute approximate surface area is 119 Å². The first-order chi connectivity index (χ1) is 9.21. The maximum absolute atomic E-state index is 12.5. The zero-order valence-corrected chi connectivity index (χ0v) is 11.8. The molecule has 1 aliphatic heterocycles. The number of hydrogen-bond donors (Lipinski definition) is 0. The molecule has 0 bridgehead atoms. The molecule has 1 saturated heterocycles. The predicted molar refractivity (Wildman–Crippen MR) is 66.8 cm³/mol. The molecule has 0 aromatic carbocycles. The molecule has 1 aliphatic rings. The first-order valence-corrected chi connectivity index (χ1v) is 7.71. The van der Waals surface area contributed by atoms with Crippen LogP contribution in [0, 0.1) is 5.92 Å². The van der Waals surface area contributed by atoms with Crippen LogP contribution in [0.2, 0.25) is 5.15 Å². The standard InChI is InChI=1S/C11H12ClF3N2O2S/c12-10-2-1-9(7-16-10)20(18,19)17-5-3-8(4-6-17)11(13,14)15/h1-2,7-8H,3-6H2. The summed E-state index contributed by atoms with van der Waals surface area (Å²) in [5, 5.41) is 0.153. The highest BCUT2D eigenvalue weighted by molar-refractivity contribution is 7.89. The molecule has 20 heavy (non-hydrogen) atoms. The molecule has 2 heterocycles. The molecule has 2 rings (SSSR count). The van der Waals surface area contributed by atoms with Crippen LogP contribution in [-0.2, 0) is 10.0 Å². The second-order valence-corrected chi connectivity index (χ2v) is 6.86. The van der Waals surface area contributed by atoms with Gasteiger partial charge in [-0.05, 0) is 25.0 Å². The Balaban J connectivity index is 2.11. The van der Waals surface area contributed by atoms with Crippen LogP contribution in [-0.4, -0.2) is 37.0 Å². The van der Waals surface area contributed by atoms with Crippen LogP contribution in [0.15, 0.2) is 23.2 Å². The summed E-state index contributed by atoms with van der Waals surface area (Å²) in [6, 6.07) is 2.62. The van der Waals surface area contributed by atoms with Gasteiger partial charge in [0.15, 0.2) is 0 Å². The highest BCUT2D eigenvalue weighted by atomic mass is 35.5. The minimum absolute atomic E-state index is 0.0626. The molecule has 0 radical (unpaired) electrons. The Hall–Kier alpha value is -0.860. The molecule has 0 spiro atoms. The molecule has 0 atom stereocenters. The number of alkyl halides is 3. The highest BCUT2D eigenvalue weighted by Gasteiger charge is 2.43. The lowest BCUT2D eigenvalue weighted by molar-refractivity contribution is -0.182. The van der Waals surface area contributed by atoms with Crippen molar-refractivity contribution in [3.05, 3.63) is 23.5 Å². The number of rotatable bonds is 2. The molecule has 0 N–H and O–H groups in total. The maximum atomic E-state index is 12.5. The SMILES string of the molecule is O=S(=O)(c1ccc(Cl)nc1)N1CCC(C(F)(F)F)CC1. The lowest BCUT2D eigenvalue weighted by Crippen LogP contribution is -2.42. The van der Waals surface area contributed by atoms with Gasteiger partial charge in [0.1, 0.15) is 10.0 Å². The molecule has 4 nitrogen and oxygen atoms in total. The smallest absolute Gasteiger partial charge is 0.243 e. The van der Waals surface area contributed by atoms with Crippen LogP contribution in [0.4, 0.5) is 13.2 Å². The number of pyridine rings is 1. The summed E-state index contributed by atoms with van der Waals surface area (Å²) >= 11 is 5.57. The van der Waals surface area contributed by atoms with Gasteiger partial charge in [0.2, 0.25) is 10.0 Å². The van der Waals surface area contributed by atoms with Gasteiger partial charge in [-0.1, -0.05) is 11.6 Å². The van der Waals surface area contributed by atoms with Crippen LogP contribution >= 0.6 is 11.6 Å². The second kappa shape index (κ2) is 5.50. The summed E-state index contributed by atoms with van der Waals surface area (Å²) in [5.74, 6) is -1.43. The normalized spacial score (nSPS) is 19.2. The minimum Gasteiger partial charge on any atom is -0.243 e. The van der Waals surface area contributed by atoms with Gasteiger partial charge in [0.05, 0.1) is 5.92 Å². The third-order valence-electron chi connectivity index (χ3n) is 3.25. The van der Waals surface area contributed by atoms with Gasteiger partial charge in [0, 0.05) is 19.3 Å². The van der Waals surface area contributed by atoms with Crippen molar-refractivity contribution in [1.82, 2.24) is 9.29 Å². The molecule has 1 aromatic heterocycles. The summed E-state index contributed by atoms with van der Waals surface area (Å²) < 4.78 is 63.1. The van der Waals surface area contributed by atoms with Gasteiger partial charge in [0.25, 0.3) is 0 Å². The van der Waals surface area contributed by atoms with Crippen LogP contribution < -0.4 is 0 Å². The van der Waals surface area contributed by atoms with Crippen molar-refractivity contribution in [2.45, 2.75) is 23.9 Å². The van der Waals surface area contributed by atoms with E-state index in [9.17, 15) is 21.6 Å². The summed E-state index contributed by atoms with van der Waals surface area (Å²) in [7, 11) is -3.80. The van der Waals surface area contributed by atoms with Gasteiger partial charge in [-0.3, -0.25) is 0 Å². The molecule has 1 aromatic rings. The Kier molecular flexibility index (Phi) is 4.27. The van der Waals surface area contributed by atoms with Crippen molar-refractivity contribution in [2.24, 2.45) is 5.92 Å². The Bertz CT molecular complexity index is 566. The summed E-state index contributed by atoms with van der Waals surface area (Å²) in [5.41, 5.74) is 0. The average molecular weight is 329 g/mol. The Morgan fingerprint density at radius 2 is 1.85 bits per heavy atom. The fraction of sp³-hybridized carbons (Fsp3) is 0.545. The van der Waals surface area contributed by atoms with E-state index in [0.29, 0.717) is 0 Å². The molecule has 0 amide bonds. The van der Waals surface area contributed by atoms with E-state index in [2.05, 4.69) is 4.98 Å². The number of halogens is 4. The molecule has 0 saturated carbocycles. The monoisotopic (exact) mass is 328 g/mol. The summed E-state index contributed by atoms with van der Waals surface area (Å²) in [6.45, 7) is -0.287. The van der Waals surface area contributed by atoms with Gasteiger partial charge in [-0.2, -0.15) is 17.5 Å². The van der Waals surface area contributed by atoms with E-state index < -0.39 is 22.1 Å². The first kappa shape index (κ1) is 15.5. The predicted octanol–water partition coefficient (Wildman–Crippen LogP) is 2.70. The first-order valence-electron chi connectivity index (χ1n) is 5.89. The minimum atomic E-state index is -4.27. The third kappa shape index (κ3) is 3.24. The van der Waals surface area contributed by atoms with Gasteiger partial charge >= 0.3 is 6.18 Å². The molecule has 0 aliphatic carbocycles. The lowest BCUT2D eigenvalue weighted by atomic mass is 9.98. The third-order valence-corrected chi connectivity index (χ3v) is 5.36. The van der Waals surface area contributed by atoms with Gasteiger partial charge < -0.3 is 0 Å². The number of piperidine rings is 1. The Morgan fingerprint density at radius 1 is 1.25 bits per heavy atom. The van der Waals surface area contributed by atoms with Gasteiger partial charge in [-0.15, -0.1) is 0 Å². The van der Waals surface area contributed by atoms with E-state index >= 15 is 0 Å². The van der Waals surface area contributed by atoms with E-state index in [1.54, 1.807) is 0 Å². The zero-order chi connectivity index (χ0) is 15.0. The van der Waals surface area contributed by atoms with Crippen molar-refractivity contribution in [3.63, 3.8) is 0 Å². The number of aromatic nitrogens is 1. The highest BCUT2D eigenvalue weighted by Crippen LogP contribution is 2.35. The molecule has 112 valence electrons. The molecule has 1 fully saturated rings. The second-order valence-electron chi connectivity index (χ2n) is 4.54.